The summed E-state index contributed by atoms with van der Waals surface area (Å²) in [5.74, 6) is -19.0. The van der Waals surface area contributed by atoms with Gasteiger partial charge in [-0.2, -0.15) is 0 Å². The maximum atomic E-state index is 16.9. The molecule has 38 nitrogen and oxygen atoms in total. The lowest BCUT2D eigenvalue weighted by Crippen LogP contribution is -2.66. The zero-order valence-electron chi connectivity index (χ0n) is 74.7. The van der Waals surface area contributed by atoms with Crippen molar-refractivity contribution in [1.29, 1.82) is 0 Å². The Balaban J connectivity index is 1.04. The molecule has 8 amide bonds. The third kappa shape index (κ3) is 21.1. The number of benzene rings is 7. The quantitative estimate of drug-likeness (QED) is 0.0423. The molecule has 0 saturated carbocycles. The maximum absolute atomic E-state index is 16.9. The van der Waals surface area contributed by atoms with Crippen LogP contribution in [-0.2, 0) is 59.0 Å². The lowest BCUT2D eigenvalue weighted by Gasteiger charge is -2.41. The number of ether oxygens (including phenoxy) is 7. The van der Waals surface area contributed by atoms with E-state index in [0.29, 0.717) is 18.8 Å². The van der Waals surface area contributed by atoms with E-state index in [9.17, 15) is 75.7 Å². The minimum Gasteiger partial charge on any atom is -0.508 e. The van der Waals surface area contributed by atoms with Gasteiger partial charge in [-0.05, 0) is 152 Å². The van der Waals surface area contributed by atoms with Crippen molar-refractivity contribution in [3.63, 3.8) is 0 Å². The first kappa shape index (κ1) is 85.5. The molecule has 128 heavy (non-hydrogen) atoms. The minimum absolute atomic E-state index is 0.165. The molecule has 8 aliphatic rings. The lowest BCUT2D eigenvalue weighted by atomic mass is 9.89. The van der Waals surface area contributed by atoms with Gasteiger partial charge in [0, 0.05) is 56.4 Å². The summed E-state index contributed by atoms with van der Waals surface area (Å²) in [7, 11) is 1.41. The van der Waals surface area contributed by atoms with Gasteiger partial charge in [0.1, 0.15) is 131 Å². The zero-order chi connectivity index (χ0) is 97.0. The lowest BCUT2D eigenvalue weighted by molar-refractivity contribution is -0.277. The first-order valence-electron chi connectivity index (χ1n) is 44.0. The molecule has 18 atom stereocenters. The number of hydrogen-bond acceptors (Lipinski definition) is 29. The average molecular weight is 1820 g/mol. The number of phenolic OH excluding ortho intramolecular Hbond substituents is 4. The number of carboxylic acid groups (broad SMARTS) is 1. The van der Waals surface area contributed by atoms with Crippen molar-refractivity contribution in [3.8, 4) is 80.1 Å². The van der Waals surface area contributed by atoms with Crippen molar-refractivity contribution in [2.45, 2.75) is 188 Å². The summed E-state index contributed by atoms with van der Waals surface area (Å²) >= 11 is 14.3. The molecule has 15 rings (SSSR count). The van der Waals surface area contributed by atoms with Crippen LogP contribution in [0.25, 0.3) is 11.1 Å². The molecule has 21 N–H and O–H groups in total. The number of halogens is 2. The Morgan fingerprint density at radius 2 is 1.23 bits per heavy atom. The van der Waals surface area contributed by atoms with E-state index >= 15 is 28.8 Å². The summed E-state index contributed by atoms with van der Waals surface area (Å²) in [5.41, 5.74) is -3.46. The average Bonchev–Trinajstić information content (AvgIpc) is 0.756. The Hall–Kier alpha value is -11.9. The van der Waals surface area contributed by atoms with Crippen molar-refractivity contribution in [3.05, 3.63) is 164 Å². The number of aliphatic hydroxyl groups is 7. The van der Waals surface area contributed by atoms with Crippen molar-refractivity contribution < 1.29 is 146 Å². The topological polar surface area (TPSA) is 573 Å². The summed E-state index contributed by atoms with van der Waals surface area (Å²) in [5, 5.41) is 161. The van der Waals surface area contributed by atoms with Gasteiger partial charge in [0.2, 0.25) is 65.6 Å². The van der Waals surface area contributed by atoms with Crippen LogP contribution in [0.5, 0.6) is 69.0 Å². The van der Waals surface area contributed by atoms with Gasteiger partial charge in [-0.25, -0.2) is 4.79 Å². The van der Waals surface area contributed by atoms with Gasteiger partial charge in [0.15, 0.2) is 29.1 Å². The standard InChI is InChI=1S/C88H100Cl2N10O28/c1-38(2)13-10-8-6-7-9-11-14-61(106)94-70-73(109)75(111)78(86(120)121)128-87(70)127-77-58-31-43-32-59(77)124-55-24-19-42(29-50(55)89)71(107)69-85(119)98-67(80(114)92-25-12-26-100(4)5)48-33-44(102)34-57(125-88-76(112)74(110)72(108)60(37-101)126-88)62(48)47-28-40(17-22-52(47)103)65(82(116)99-69)95-83(117)66(43)96-84(118)68-49-35-46(36-54(105)63(49)90)123-56-30-41(18-23-53(56)104)64(91-3)81(115)93-51(79(113)97-68)27-39-15-20-45(122-58)21-16-39/h15-24,28-36,38,51,60,64-76,78,87-88,91,101-105,107-112H,6-14,25-27,37H2,1-5H3,(H,92,114)(H,93,115)(H,94,106)(H,95,117)(H,96,118)(H,97,113)(H,98,119)(H,99,116)(H,120,121)/t51-,60-,64-,65-,66-,67+,68+,69+,70-,71-,72-,73-,74+,75+,76+,78+,87-,88+/m1/s1/i4D3,5D3. The van der Waals surface area contributed by atoms with Gasteiger partial charge in [0.25, 0.3) is 0 Å². The van der Waals surface area contributed by atoms with Crippen LogP contribution in [0.1, 0.15) is 155 Å². The van der Waals surface area contributed by atoms with E-state index in [4.69, 9.17) is 64.6 Å². The highest BCUT2D eigenvalue weighted by Crippen LogP contribution is 2.51. The van der Waals surface area contributed by atoms with E-state index in [1.54, 1.807) is 0 Å². The molecule has 2 fully saturated rings. The van der Waals surface area contributed by atoms with Crippen molar-refractivity contribution in [2.75, 3.05) is 40.7 Å². The molecule has 0 spiro atoms. The minimum atomic E-state index is -3.22. The Morgan fingerprint density at radius 3 is 1.94 bits per heavy atom. The van der Waals surface area contributed by atoms with Gasteiger partial charge in [-0.15, -0.1) is 0 Å². The highest BCUT2D eigenvalue weighted by molar-refractivity contribution is 6.33. The van der Waals surface area contributed by atoms with Gasteiger partial charge in [-0.1, -0.05) is 106 Å². The van der Waals surface area contributed by atoms with E-state index < -0.39 is 316 Å². The Kier molecular flexibility index (Phi) is 27.1. The number of carbonyl (C=O) groups is 9. The number of rotatable bonds is 22. The molecule has 0 radical (unpaired) electrons. The molecule has 0 unspecified atom stereocenters. The predicted octanol–water partition coefficient (Wildman–Crippen LogP) is 4.17. The van der Waals surface area contributed by atoms with Crippen LogP contribution < -0.4 is 71.5 Å². The van der Waals surface area contributed by atoms with E-state index in [0.717, 1.165) is 105 Å². The highest BCUT2D eigenvalue weighted by atomic mass is 35.5. The van der Waals surface area contributed by atoms with Crippen LogP contribution in [-0.4, -0.2) is 234 Å². The molecule has 684 valence electrons. The van der Waals surface area contributed by atoms with Gasteiger partial charge < -0.3 is 147 Å². The highest BCUT2D eigenvalue weighted by Gasteiger charge is 2.52. The van der Waals surface area contributed by atoms with Crippen LogP contribution in [0.2, 0.25) is 10.0 Å². The van der Waals surface area contributed by atoms with Crippen molar-refractivity contribution in [1.82, 2.24) is 52.8 Å². The second-order valence-electron chi connectivity index (χ2n) is 32.0. The third-order valence-electron chi connectivity index (χ3n) is 22.5. The fourth-order valence-electron chi connectivity index (χ4n) is 15.8. The summed E-state index contributed by atoms with van der Waals surface area (Å²) < 4.78 is 92.0. The first-order chi connectivity index (χ1) is 63.5. The van der Waals surface area contributed by atoms with Gasteiger partial charge >= 0.3 is 5.97 Å². The molecular formula is C88H100Cl2N10O28. The molecule has 7 aromatic carbocycles. The van der Waals surface area contributed by atoms with E-state index in [1.165, 1.54) is 49.5 Å². The molecule has 8 aliphatic heterocycles. The van der Waals surface area contributed by atoms with Crippen LogP contribution >= 0.6 is 23.2 Å². The normalized spacial score (nSPS) is 26.7. The van der Waals surface area contributed by atoms with Crippen molar-refractivity contribution in [2.24, 2.45) is 5.92 Å². The predicted molar refractivity (Wildman–Crippen MR) is 452 cm³/mol. The number of fused-ring (bicyclic) bond motifs is 14. The largest absolute Gasteiger partial charge is 0.508 e. The number of aliphatic hydroxyl groups excluding tert-OH is 7. The number of carboxylic acids is 1. The van der Waals surface area contributed by atoms with Crippen LogP contribution in [0.4, 0.5) is 0 Å². The second kappa shape index (κ2) is 40.6. The number of nitrogens with one attached hydrogen (secondary N) is 9. The smallest absolute Gasteiger partial charge is 0.335 e. The van der Waals surface area contributed by atoms with Crippen LogP contribution in [0.15, 0.2) is 115 Å². The van der Waals surface area contributed by atoms with Gasteiger partial charge in [-0.3, -0.25) is 38.4 Å². The van der Waals surface area contributed by atoms with E-state index in [1.807, 2.05) is 0 Å². The van der Waals surface area contributed by atoms with Crippen LogP contribution in [0.3, 0.4) is 0 Å². The molecule has 8 heterocycles. The molecule has 7 aromatic rings. The number of carbonyl (C=O) groups excluding carboxylic acids is 8. The fourth-order valence-corrected chi connectivity index (χ4v) is 16.2. The Morgan fingerprint density at radius 1 is 0.578 bits per heavy atom. The number of amides is 8. The first-order valence-corrected chi connectivity index (χ1v) is 41.8. The Labute approximate surface area is 750 Å². The monoisotopic (exact) mass is 1820 g/mol. The fraction of sp³-hybridized carbons (Fsp3) is 0.420. The second-order valence-corrected chi connectivity index (χ2v) is 32.8. The summed E-state index contributed by atoms with van der Waals surface area (Å²) in [6.07, 6.45) is -17.5. The summed E-state index contributed by atoms with van der Waals surface area (Å²) in [6, 6.07) is 3.99. The van der Waals surface area contributed by atoms with Gasteiger partial charge in [0.05, 0.1) is 16.7 Å². The van der Waals surface area contributed by atoms with E-state index in [-0.39, 0.29) is 33.9 Å². The number of aromatic hydroxyl groups is 4. The zero-order valence-corrected chi connectivity index (χ0v) is 70.2. The molecule has 2 saturated heterocycles. The number of phenols is 4. The van der Waals surface area contributed by atoms with Crippen LogP contribution in [0, 0.1) is 5.92 Å². The number of aliphatic carboxylic acids is 1. The molecule has 0 aliphatic carbocycles. The third-order valence-corrected chi connectivity index (χ3v) is 23.2. The molecular weight excluding hydrogens is 1720 g/mol. The molecule has 0 aromatic heterocycles. The molecule has 40 heteroatoms. The summed E-state index contributed by atoms with van der Waals surface area (Å²) in [4.78, 5) is 139. The molecule has 17 bridgehead atoms. The number of likely N-dealkylation sites (N-methyl/N-ethyl adjacent to an activating group) is 1. The number of hydrogen-bond donors (Lipinski definition) is 21. The summed E-state index contributed by atoms with van der Waals surface area (Å²) in [6.45, 7) is -4.60. The SMILES string of the molecule is [2H]C([2H])([2H])N(CCCNC(=O)[C@H]1NC(=O)[C@H]2NC(=O)[C@H](NC(=O)[C@@H]3NC(=O)[C@H]4NC(=O)[C@@H](Cc5ccc(cc5)Oc5cc3cc(c5O[C@@H]3O[C@H](C(=O)O)[C@@H](O)[C@H](O)[C@H]3NC(=O)CCCCCCCCC(C)C)Oc3ccc(cc3Cl)[C@H]2O)NC(=O)[C@H](NC)c2ccc(O)c(c2)Oc2cc(O)c(Cl)c4c2)c2ccc(O)c(c2)-c2c(O[C@H]3O[C@H](CO)[C@@H](O)[C@H](O)[C@@H]3O)cc(O)cc21)C([2H])([2H])[2H]. The number of nitrogens with zero attached hydrogens (tertiary/aromatic N) is 1. The maximum Gasteiger partial charge on any atom is 0.335 e. The van der Waals surface area contributed by atoms with E-state index in [2.05, 4.69) is 61.7 Å². The Bertz CT molecular complexity index is 5580. The van der Waals surface area contributed by atoms with Crippen molar-refractivity contribution >= 4 is 76.4 Å². The number of unbranched alkanes of at least 4 members (excludes halogenated alkanes) is 5.